The first kappa shape index (κ1) is 17.6. The quantitative estimate of drug-likeness (QED) is 0.671. The van der Waals surface area contributed by atoms with Crippen molar-refractivity contribution in [1.29, 1.82) is 0 Å². The molecule has 2 aromatic carbocycles. The first-order valence-corrected chi connectivity index (χ1v) is 8.44. The van der Waals surface area contributed by atoms with Crippen LogP contribution >= 0.6 is 0 Å². The molecule has 0 unspecified atom stereocenters. The van der Waals surface area contributed by atoms with Crippen LogP contribution in [0, 0.1) is 0 Å². The molecule has 0 bridgehead atoms. The van der Waals surface area contributed by atoms with Gasteiger partial charge < -0.3 is 19.2 Å². The van der Waals surface area contributed by atoms with Crippen molar-refractivity contribution in [2.75, 3.05) is 12.4 Å². The predicted molar refractivity (Wildman–Crippen MR) is 99.8 cm³/mol. The molecule has 0 radical (unpaired) electrons. The number of benzene rings is 2. The maximum atomic E-state index is 12.3. The predicted octanol–water partition coefficient (Wildman–Crippen LogP) is 4.68. The van der Waals surface area contributed by atoms with E-state index in [1.54, 1.807) is 25.3 Å². The lowest BCUT2D eigenvalue weighted by molar-refractivity contribution is 0.0992. The van der Waals surface area contributed by atoms with E-state index in [1.165, 1.54) is 5.56 Å². The molecule has 3 aromatic rings. The van der Waals surface area contributed by atoms with Crippen LogP contribution < -0.4 is 14.8 Å². The zero-order chi connectivity index (χ0) is 18.4. The average molecular weight is 351 g/mol. The molecule has 26 heavy (non-hydrogen) atoms. The van der Waals surface area contributed by atoms with E-state index in [0.29, 0.717) is 11.5 Å². The number of carbonyl (C=O) groups excluding carboxylic acids is 1. The Morgan fingerprint density at radius 1 is 1.04 bits per heavy atom. The number of aryl methyl sites for hydroxylation is 1. The molecule has 134 valence electrons. The molecular weight excluding hydrogens is 330 g/mol. The lowest BCUT2D eigenvalue weighted by Gasteiger charge is -2.06. The van der Waals surface area contributed by atoms with Gasteiger partial charge in [-0.3, -0.25) is 4.79 Å². The summed E-state index contributed by atoms with van der Waals surface area (Å²) in [6, 6.07) is 18.4. The molecule has 5 heteroatoms. The third-order valence-electron chi connectivity index (χ3n) is 3.93. The van der Waals surface area contributed by atoms with Crippen molar-refractivity contribution in [3.8, 4) is 11.5 Å². The Morgan fingerprint density at radius 3 is 2.54 bits per heavy atom. The molecule has 1 aromatic heterocycles. The number of amides is 1. The van der Waals surface area contributed by atoms with Gasteiger partial charge in [-0.15, -0.1) is 0 Å². The number of carbonyl (C=O) groups is 1. The van der Waals surface area contributed by atoms with Crippen molar-refractivity contribution in [3.05, 3.63) is 77.7 Å². The van der Waals surface area contributed by atoms with E-state index in [4.69, 9.17) is 13.9 Å². The molecular formula is C21H21NO4. The second-order valence-corrected chi connectivity index (χ2v) is 5.74. The second-order valence-electron chi connectivity index (χ2n) is 5.74. The molecule has 0 aliphatic heterocycles. The number of hydrogen-bond acceptors (Lipinski definition) is 4. The minimum Gasteiger partial charge on any atom is -0.497 e. The van der Waals surface area contributed by atoms with Crippen LogP contribution in [0.25, 0.3) is 0 Å². The van der Waals surface area contributed by atoms with Gasteiger partial charge in [0, 0.05) is 11.8 Å². The van der Waals surface area contributed by atoms with E-state index in [9.17, 15) is 4.79 Å². The van der Waals surface area contributed by atoms with Crippen molar-refractivity contribution in [1.82, 2.24) is 0 Å². The normalized spacial score (nSPS) is 10.4. The van der Waals surface area contributed by atoms with Crippen LogP contribution in [-0.2, 0) is 13.0 Å². The first-order chi connectivity index (χ1) is 12.7. The van der Waals surface area contributed by atoms with Crippen LogP contribution in [0.3, 0.4) is 0 Å². The monoisotopic (exact) mass is 351 g/mol. The van der Waals surface area contributed by atoms with E-state index in [1.807, 2.05) is 42.5 Å². The molecule has 0 fully saturated rings. The zero-order valence-corrected chi connectivity index (χ0v) is 14.8. The van der Waals surface area contributed by atoms with E-state index in [2.05, 4.69) is 12.2 Å². The van der Waals surface area contributed by atoms with Crippen LogP contribution in [0.4, 0.5) is 5.69 Å². The molecule has 1 amide bonds. The minimum absolute atomic E-state index is 0.228. The van der Waals surface area contributed by atoms with Gasteiger partial charge in [0.2, 0.25) is 0 Å². The summed E-state index contributed by atoms with van der Waals surface area (Å²) in [6.45, 7) is 2.32. The fraction of sp³-hybridized carbons (Fsp3) is 0.190. The van der Waals surface area contributed by atoms with E-state index < -0.39 is 0 Å². The Bertz CT molecular complexity index is 868. The van der Waals surface area contributed by atoms with Gasteiger partial charge in [0.1, 0.15) is 23.9 Å². The SMILES string of the molecule is CCc1ccc(NC(=O)c2ccc(COc3cccc(OC)c3)o2)cc1. The van der Waals surface area contributed by atoms with E-state index >= 15 is 0 Å². The third-order valence-corrected chi connectivity index (χ3v) is 3.93. The van der Waals surface area contributed by atoms with Gasteiger partial charge in [-0.1, -0.05) is 25.1 Å². The zero-order valence-electron chi connectivity index (χ0n) is 14.8. The molecule has 1 N–H and O–H groups in total. The highest BCUT2D eigenvalue weighted by atomic mass is 16.5. The van der Waals surface area contributed by atoms with Gasteiger partial charge in [-0.2, -0.15) is 0 Å². The maximum absolute atomic E-state index is 12.3. The average Bonchev–Trinajstić information content (AvgIpc) is 3.16. The van der Waals surface area contributed by atoms with Crippen molar-refractivity contribution in [2.45, 2.75) is 20.0 Å². The van der Waals surface area contributed by atoms with Gasteiger partial charge in [-0.25, -0.2) is 0 Å². The highest BCUT2D eigenvalue weighted by molar-refractivity contribution is 6.02. The third kappa shape index (κ3) is 4.45. The molecule has 0 atom stereocenters. The van der Waals surface area contributed by atoms with E-state index in [0.717, 1.165) is 17.9 Å². The number of rotatable bonds is 7. The number of hydrogen-bond donors (Lipinski definition) is 1. The largest absolute Gasteiger partial charge is 0.497 e. The van der Waals surface area contributed by atoms with Crippen molar-refractivity contribution >= 4 is 11.6 Å². The van der Waals surface area contributed by atoms with Gasteiger partial charge in [0.05, 0.1) is 7.11 Å². The van der Waals surface area contributed by atoms with Gasteiger partial charge in [0.15, 0.2) is 5.76 Å². The number of nitrogens with one attached hydrogen (secondary N) is 1. The highest BCUT2D eigenvalue weighted by Gasteiger charge is 2.12. The summed E-state index contributed by atoms with van der Waals surface area (Å²) in [4.78, 5) is 12.3. The first-order valence-electron chi connectivity index (χ1n) is 8.44. The summed E-state index contributed by atoms with van der Waals surface area (Å²) < 4.78 is 16.4. The maximum Gasteiger partial charge on any atom is 0.291 e. The van der Waals surface area contributed by atoms with Crippen molar-refractivity contribution < 1.29 is 18.7 Å². The smallest absolute Gasteiger partial charge is 0.291 e. The van der Waals surface area contributed by atoms with Gasteiger partial charge in [-0.05, 0) is 48.4 Å². The Hall–Kier alpha value is -3.21. The van der Waals surface area contributed by atoms with Crippen molar-refractivity contribution in [3.63, 3.8) is 0 Å². The van der Waals surface area contributed by atoms with Crippen LogP contribution in [0.15, 0.2) is 65.1 Å². The Balaban J connectivity index is 1.58. The Labute approximate surface area is 152 Å². The summed E-state index contributed by atoms with van der Waals surface area (Å²) >= 11 is 0. The number of methoxy groups -OCH3 is 1. The fourth-order valence-electron chi connectivity index (χ4n) is 2.44. The van der Waals surface area contributed by atoms with Crippen LogP contribution in [0.5, 0.6) is 11.5 Å². The molecule has 0 saturated heterocycles. The lowest BCUT2D eigenvalue weighted by atomic mass is 10.1. The van der Waals surface area contributed by atoms with Crippen LogP contribution in [0.2, 0.25) is 0 Å². The molecule has 0 saturated carbocycles. The summed E-state index contributed by atoms with van der Waals surface area (Å²) in [7, 11) is 1.60. The topological polar surface area (TPSA) is 60.7 Å². The molecule has 0 spiro atoms. The molecule has 0 aliphatic carbocycles. The number of ether oxygens (including phenoxy) is 2. The highest BCUT2D eigenvalue weighted by Crippen LogP contribution is 2.21. The summed E-state index contributed by atoms with van der Waals surface area (Å²) in [6.07, 6.45) is 0.961. The van der Waals surface area contributed by atoms with Crippen LogP contribution in [0.1, 0.15) is 28.8 Å². The van der Waals surface area contributed by atoms with Crippen molar-refractivity contribution in [2.24, 2.45) is 0 Å². The fourth-order valence-corrected chi connectivity index (χ4v) is 2.44. The standard InChI is InChI=1S/C21H21NO4/c1-3-15-7-9-16(10-8-15)22-21(23)20-12-11-19(26-20)14-25-18-6-4-5-17(13-18)24-2/h4-13H,3,14H2,1-2H3,(H,22,23). The van der Waals surface area contributed by atoms with Gasteiger partial charge >= 0.3 is 0 Å². The molecule has 3 rings (SSSR count). The summed E-state index contributed by atoms with van der Waals surface area (Å²) in [5, 5.41) is 2.82. The second kappa shape index (κ2) is 8.25. The molecule has 1 heterocycles. The van der Waals surface area contributed by atoms with Crippen LogP contribution in [-0.4, -0.2) is 13.0 Å². The number of furan rings is 1. The van der Waals surface area contributed by atoms with Gasteiger partial charge in [0.25, 0.3) is 5.91 Å². The number of anilines is 1. The lowest BCUT2D eigenvalue weighted by Crippen LogP contribution is -2.10. The molecule has 5 nitrogen and oxygen atoms in total. The summed E-state index contributed by atoms with van der Waals surface area (Å²) in [5.41, 5.74) is 1.95. The Kier molecular flexibility index (Phi) is 5.59. The Morgan fingerprint density at radius 2 is 1.81 bits per heavy atom. The minimum atomic E-state index is -0.290. The molecule has 0 aliphatic rings. The van der Waals surface area contributed by atoms with E-state index in [-0.39, 0.29) is 18.3 Å². The summed E-state index contributed by atoms with van der Waals surface area (Å²) in [5.74, 6) is 1.91.